The zero-order chi connectivity index (χ0) is 23.5. The van der Waals surface area contributed by atoms with Crippen LogP contribution in [0.25, 0.3) is 0 Å². The van der Waals surface area contributed by atoms with Gasteiger partial charge in [0.05, 0.1) is 0 Å². The first-order chi connectivity index (χ1) is 16.0. The van der Waals surface area contributed by atoms with E-state index in [1.807, 2.05) is 54.6 Å². The highest BCUT2D eigenvalue weighted by Gasteiger charge is 2.23. The van der Waals surface area contributed by atoms with Gasteiger partial charge in [-0.1, -0.05) is 55.8 Å². The summed E-state index contributed by atoms with van der Waals surface area (Å²) >= 11 is 0. The summed E-state index contributed by atoms with van der Waals surface area (Å²) in [5.41, 5.74) is 1.62. The fourth-order valence-electron chi connectivity index (χ4n) is 3.74. The van der Waals surface area contributed by atoms with Crippen molar-refractivity contribution in [3.63, 3.8) is 0 Å². The van der Waals surface area contributed by atoms with E-state index in [0.29, 0.717) is 0 Å². The number of carbonyl (C=O) groups is 2. The highest BCUT2D eigenvalue weighted by molar-refractivity contribution is 5.80. The maximum absolute atomic E-state index is 12.1. The predicted octanol–water partition coefficient (Wildman–Crippen LogP) is 3.02. The van der Waals surface area contributed by atoms with Crippen LogP contribution in [0.3, 0.4) is 0 Å². The van der Waals surface area contributed by atoms with Gasteiger partial charge >= 0.3 is 12.1 Å². The van der Waals surface area contributed by atoms with Crippen LogP contribution in [-0.2, 0) is 22.6 Å². The normalized spacial score (nSPS) is 15.9. The summed E-state index contributed by atoms with van der Waals surface area (Å²) in [5.74, 6) is -0.369. The van der Waals surface area contributed by atoms with Gasteiger partial charge in [-0.25, -0.2) is 9.59 Å². The van der Waals surface area contributed by atoms with Crippen LogP contribution in [0.15, 0.2) is 54.6 Å². The number of aliphatic carboxylic acids is 1. The Kier molecular flexibility index (Phi) is 9.53. The molecular weight excluding hydrogens is 422 g/mol. The number of nitrogens with zero attached hydrogens (tertiary/aromatic N) is 1. The van der Waals surface area contributed by atoms with E-state index in [4.69, 9.17) is 9.47 Å². The molecule has 0 saturated carbocycles. The Morgan fingerprint density at radius 2 is 1.76 bits per heavy atom. The molecule has 1 amide bonds. The van der Waals surface area contributed by atoms with Gasteiger partial charge in [0, 0.05) is 32.6 Å². The van der Waals surface area contributed by atoms with Crippen molar-refractivity contribution in [2.75, 3.05) is 26.2 Å². The number of carboxylic acid groups (broad SMARTS) is 1. The molecule has 8 heteroatoms. The summed E-state index contributed by atoms with van der Waals surface area (Å²) < 4.78 is 11.4. The van der Waals surface area contributed by atoms with Gasteiger partial charge in [0.25, 0.3) is 0 Å². The number of piperazine rings is 1. The standard InChI is InChI=1S/C25H33N3O5/c1-2-6-23(28-15-13-26-14-16-28)33-21-11-9-19(10-12-21)17-22(24(29)30)27-25(31)32-18-20-7-4-3-5-8-20/h3-5,7-12,22-23,26H,2,6,13-18H2,1H3,(H,27,31)(H,29,30). The minimum atomic E-state index is -1.12. The van der Waals surface area contributed by atoms with Crippen LogP contribution in [0.5, 0.6) is 5.75 Å². The number of rotatable bonds is 11. The maximum atomic E-state index is 12.1. The Morgan fingerprint density at radius 1 is 1.06 bits per heavy atom. The number of ether oxygens (including phenoxy) is 2. The second-order valence-corrected chi connectivity index (χ2v) is 8.09. The smallest absolute Gasteiger partial charge is 0.408 e. The van der Waals surface area contributed by atoms with Crippen LogP contribution in [-0.4, -0.2) is 60.5 Å². The molecule has 3 rings (SSSR count). The van der Waals surface area contributed by atoms with Gasteiger partial charge in [-0.3, -0.25) is 4.90 Å². The molecule has 2 aromatic carbocycles. The van der Waals surface area contributed by atoms with Crippen LogP contribution in [0.1, 0.15) is 30.9 Å². The lowest BCUT2D eigenvalue weighted by Gasteiger charge is -2.34. The number of hydrogen-bond donors (Lipinski definition) is 3. The molecule has 1 heterocycles. The molecule has 0 radical (unpaired) electrons. The molecule has 1 aliphatic heterocycles. The summed E-state index contributed by atoms with van der Waals surface area (Å²) in [7, 11) is 0. The Balaban J connectivity index is 1.53. The molecule has 1 aliphatic rings. The Hall–Kier alpha value is -3.10. The van der Waals surface area contributed by atoms with E-state index >= 15 is 0 Å². The fraction of sp³-hybridized carbons (Fsp3) is 0.440. The molecule has 0 aromatic heterocycles. The number of nitrogens with one attached hydrogen (secondary N) is 2. The molecule has 1 fully saturated rings. The zero-order valence-corrected chi connectivity index (χ0v) is 19.0. The maximum Gasteiger partial charge on any atom is 0.408 e. The third-order valence-electron chi connectivity index (χ3n) is 5.53. The monoisotopic (exact) mass is 455 g/mol. The quantitative estimate of drug-likeness (QED) is 0.479. The summed E-state index contributed by atoms with van der Waals surface area (Å²) in [6.45, 7) is 6.05. The number of amides is 1. The lowest BCUT2D eigenvalue weighted by atomic mass is 10.1. The van der Waals surface area contributed by atoms with Gasteiger partial charge < -0.3 is 25.2 Å². The third-order valence-corrected chi connectivity index (χ3v) is 5.53. The summed E-state index contributed by atoms with van der Waals surface area (Å²) in [6, 6.07) is 15.5. The number of benzene rings is 2. The number of alkyl carbamates (subject to hydrolysis) is 1. The highest BCUT2D eigenvalue weighted by atomic mass is 16.5. The molecule has 1 saturated heterocycles. The molecule has 0 bridgehead atoms. The van der Waals surface area contributed by atoms with E-state index in [1.54, 1.807) is 0 Å². The van der Waals surface area contributed by atoms with E-state index in [2.05, 4.69) is 22.5 Å². The first-order valence-electron chi connectivity index (χ1n) is 11.5. The van der Waals surface area contributed by atoms with Gasteiger partial charge in [0.2, 0.25) is 0 Å². The van der Waals surface area contributed by atoms with Gasteiger partial charge in [0.1, 0.15) is 18.4 Å². The average molecular weight is 456 g/mol. The molecular formula is C25H33N3O5. The van der Waals surface area contributed by atoms with Crippen molar-refractivity contribution in [3.05, 3.63) is 65.7 Å². The SMILES string of the molecule is CCCC(Oc1ccc(CC(NC(=O)OCc2ccccc2)C(=O)O)cc1)N1CCNCC1. The van der Waals surface area contributed by atoms with Crippen molar-refractivity contribution in [2.45, 2.75) is 45.1 Å². The molecule has 8 nitrogen and oxygen atoms in total. The van der Waals surface area contributed by atoms with Crippen molar-refractivity contribution in [2.24, 2.45) is 0 Å². The molecule has 3 N–H and O–H groups in total. The topological polar surface area (TPSA) is 100 Å². The lowest BCUT2D eigenvalue weighted by molar-refractivity contribution is -0.139. The van der Waals surface area contributed by atoms with E-state index < -0.39 is 18.1 Å². The van der Waals surface area contributed by atoms with Crippen molar-refractivity contribution < 1.29 is 24.2 Å². The van der Waals surface area contributed by atoms with Gasteiger partial charge in [-0.2, -0.15) is 0 Å². The van der Waals surface area contributed by atoms with Gasteiger partial charge in [0.15, 0.2) is 6.23 Å². The zero-order valence-electron chi connectivity index (χ0n) is 19.0. The predicted molar refractivity (Wildman–Crippen MR) is 125 cm³/mol. The molecule has 0 spiro atoms. The first-order valence-corrected chi connectivity index (χ1v) is 11.5. The van der Waals surface area contributed by atoms with Gasteiger partial charge in [-0.15, -0.1) is 0 Å². The Labute approximate surface area is 194 Å². The minimum absolute atomic E-state index is 0.0239. The average Bonchev–Trinajstić information content (AvgIpc) is 2.84. The van der Waals surface area contributed by atoms with Crippen molar-refractivity contribution in [1.29, 1.82) is 0 Å². The molecule has 0 aliphatic carbocycles. The second-order valence-electron chi connectivity index (χ2n) is 8.09. The van der Waals surface area contributed by atoms with E-state index in [-0.39, 0.29) is 19.3 Å². The molecule has 2 aromatic rings. The van der Waals surface area contributed by atoms with E-state index in [1.165, 1.54) is 0 Å². The van der Waals surface area contributed by atoms with E-state index in [9.17, 15) is 14.7 Å². The molecule has 178 valence electrons. The van der Waals surface area contributed by atoms with Crippen LogP contribution in [0, 0.1) is 0 Å². The molecule has 2 unspecified atom stereocenters. The van der Waals surface area contributed by atoms with E-state index in [0.717, 1.165) is 55.9 Å². The highest BCUT2D eigenvalue weighted by Crippen LogP contribution is 2.19. The number of carboxylic acids is 1. The van der Waals surface area contributed by atoms with Crippen molar-refractivity contribution >= 4 is 12.1 Å². The molecule has 33 heavy (non-hydrogen) atoms. The van der Waals surface area contributed by atoms with Crippen LogP contribution >= 0.6 is 0 Å². The summed E-state index contributed by atoms with van der Waals surface area (Å²) in [5, 5.41) is 15.3. The number of hydrogen-bond acceptors (Lipinski definition) is 6. The van der Waals surface area contributed by atoms with Crippen molar-refractivity contribution in [1.82, 2.24) is 15.5 Å². The minimum Gasteiger partial charge on any atom is -0.480 e. The fourth-order valence-corrected chi connectivity index (χ4v) is 3.74. The largest absolute Gasteiger partial charge is 0.480 e. The van der Waals surface area contributed by atoms with Crippen LogP contribution < -0.4 is 15.4 Å². The number of carbonyl (C=O) groups excluding carboxylic acids is 1. The summed E-state index contributed by atoms with van der Waals surface area (Å²) in [6.07, 6.45) is 1.38. The summed E-state index contributed by atoms with van der Waals surface area (Å²) in [4.78, 5) is 26.1. The second kappa shape index (κ2) is 12.8. The van der Waals surface area contributed by atoms with Crippen LogP contribution in [0.2, 0.25) is 0 Å². The lowest BCUT2D eigenvalue weighted by Crippen LogP contribution is -2.50. The first kappa shape index (κ1) is 24.5. The van der Waals surface area contributed by atoms with Gasteiger partial charge in [-0.05, 0) is 29.7 Å². The van der Waals surface area contributed by atoms with Crippen LogP contribution in [0.4, 0.5) is 4.79 Å². The Bertz CT molecular complexity index is 869. The molecule has 2 atom stereocenters. The van der Waals surface area contributed by atoms with Crippen molar-refractivity contribution in [3.8, 4) is 5.75 Å². The Morgan fingerprint density at radius 3 is 2.39 bits per heavy atom. The third kappa shape index (κ3) is 8.07.